The van der Waals surface area contributed by atoms with Crippen molar-refractivity contribution in [2.45, 2.75) is 75.0 Å². The summed E-state index contributed by atoms with van der Waals surface area (Å²) in [6, 6.07) is 3.52. The van der Waals surface area contributed by atoms with Gasteiger partial charge in [0.05, 0.1) is 18.7 Å². The number of rotatable bonds is 4. The predicted molar refractivity (Wildman–Crippen MR) is 125 cm³/mol. The summed E-state index contributed by atoms with van der Waals surface area (Å²) < 4.78 is 7.49. The van der Waals surface area contributed by atoms with Gasteiger partial charge in [-0.2, -0.15) is 0 Å². The third-order valence-corrected chi connectivity index (χ3v) is 7.74. The molecule has 1 amide bonds. The van der Waals surface area contributed by atoms with Crippen molar-refractivity contribution in [3.63, 3.8) is 0 Å². The molecule has 184 valence electrons. The molecule has 0 aromatic heterocycles. The van der Waals surface area contributed by atoms with E-state index >= 15 is 0 Å². The average molecular weight is 473 g/mol. The summed E-state index contributed by atoms with van der Waals surface area (Å²) in [7, 11) is 0. The highest BCUT2D eigenvalue weighted by Gasteiger charge is 2.74. The van der Waals surface area contributed by atoms with E-state index in [4.69, 9.17) is 16.2 Å². The number of aliphatic hydroxyl groups is 2. The summed E-state index contributed by atoms with van der Waals surface area (Å²) >= 11 is 0. The fraction of sp³-hybridized carbons (Fsp3) is 0.609. The van der Waals surface area contributed by atoms with E-state index in [0.717, 1.165) is 18.4 Å². The molecule has 1 spiro atoms. The Kier molecular flexibility index (Phi) is 5.00. The van der Waals surface area contributed by atoms with Crippen LogP contribution in [-0.4, -0.2) is 75.3 Å². The van der Waals surface area contributed by atoms with E-state index in [2.05, 4.69) is 34.8 Å². The van der Waals surface area contributed by atoms with Crippen LogP contribution in [0.2, 0.25) is 0 Å². The van der Waals surface area contributed by atoms with Gasteiger partial charge in [0.2, 0.25) is 11.4 Å². The topological polar surface area (TPSA) is 170 Å². The van der Waals surface area contributed by atoms with Gasteiger partial charge in [0.15, 0.2) is 5.96 Å². The number of benzene rings is 1. The third kappa shape index (κ3) is 2.99. The second kappa shape index (κ2) is 7.47. The number of hydrogen-bond donors (Lipinski definition) is 7. The number of nitrogens with zero attached hydrogens (tertiary/aromatic N) is 2. The van der Waals surface area contributed by atoms with Gasteiger partial charge in [-0.1, -0.05) is 39.3 Å². The van der Waals surface area contributed by atoms with Gasteiger partial charge < -0.3 is 31.3 Å². The van der Waals surface area contributed by atoms with E-state index < -0.39 is 29.4 Å². The number of nitrogens with one attached hydrogen (secondary N) is 3. The maximum atomic E-state index is 13.4. The second-order valence-corrected chi connectivity index (χ2v) is 10.3. The maximum absolute atomic E-state index is 13.4. The fourth-order valence-corrected chi connectivity index (χ4v) is 5.89. The summed E-state index contributed by atoms with van der Waals surface area (Å²) in [6.45, 7) is 6.81. The Bertz CT molecular complexity index is 1100. The average Bonchev–Trinajstić information content (AvgIpc) is 3.23. The lowest BCUT2D eigenvalue weighted by Crippen LogP contribution is -2.78. The Labute approximate surface area is 198 Å². The van der Waals surface area contributed by atoms with Crippen LogP contribution in [0.15, 0.2) is 23.2 Å². The third-order valence-electron chi connectivity index (χ3n) is 7.74. The molecule has 4 atom stereocenters. The zero-order valence-corrected chi connectivity index (χ0v) is 19.8. The van der Waals surface area contributed by atoms with Gasteiger partial charge in [-0.05, 0) is 24.3 Å². The molecule has 0 bridgehead atoms. The summed E-state index contributed by atoms with van der Waals surface area (Å²) in [6.07, 6.45) is 2.39. The molecule has 4 heterocycles. The number of amides is 1. The lowest BCUT2D eigenvalue weighted by Gasteiger charge is -2.43. The minimum atomic E-state index is -2.42. The van der Waals surface area contributed by atoms with Crippen molar-refractivity contribution in [1.82, 2.24) is 16.0 Å². The molecular formula is C23H34N7O4+. The van der Waals surface area contributed by atoms with Crippen LogP contribution in [0.3, 0.4) is 0 Å². The molecule has 4 aliphatic heterocycles. The molecular weight excluding hydrogens is 438 g/mol. The number of ether oxygens (including phenoxy) is 1. The Morgan fingerprint density at radius 2 is 2.12 bits per heavy atom. The zero-order valence-electron chi connectivity index (χ0n) is 19.8. The van der Waals surface area contributed by atoms with Crippen LogP contribution in [0.4, 0.5) is 0 Å². The van der Waals surface area contributed by atoms with Gasteiger partial charge in [0, 0.05) is 5.56 Å². The van der Waals surface area contributed by atoms with Gasteiger partial charge >= 0.3 is 5.96 Å². The van der Waals surface area contributed by atoms with Gasteiger partial charge in [-0.3, -0.25) is 15.8 Å². The first-order valence-electron chi connectivity index (χ1n) is 11.8. The number of carbonyl (C=O) groups excluding carboxylic acids is 1. The summed E-state index contributed by atoms with van der Waals surface area (Å²) in [4.78, 5) is 17.9. The molecule has 1 saturated heterocycles. The largest absolute Gasteiger partial charge is 0.492 e. The Balaban J connectivity index is 1.49. The highest BCUT2D eigenvalue weighted by Crippen LogP contribution is 2.43. The van der Waals surface area contributed by atoms with Crippen molar-refractivity contribution in [3.8, 4) is 5.75 Å². The number of aliphatic imine (C=N–C) groups is 1. The molecule has 1 aromatic carbocycles. The number of fused-ring (bicyclic) bond motifs is 1. The molecule has 11 heteroatoms. The monoisotopic (exact) mass is 472 g/mol. The van der Waals surface area contributed by atoms with Crippen LogP contribution in [-0.2, 0) is 5.41 Å². The van der Waals surface area contributed by atoms with Crippen molar-refractivity contribution >= 4 is 17.8 Å². The van der Waals surface area contributed by atoms with Gasteiger partial charge in [-0.25, -0.2) is 9.57 Å². The van der Waals surface area contributed by atoms with Crippen LogP contribution in [0, 0.1) is 0 Å². The number of hydrogen-bond acceptors (Lipinski definition) is 9. The first-order valence-corrected chi connectivity index (χ1v) is 11.8. The number of carbonyl (C=O) groups is 1. The van der Waals surface area contributed by atoms with Crippen molar-refractivity contribution in [1.29, 1.82) is 0 Å². The van der Waals surface area contributed by atoms with Crippen molar-refractivity contribution in [2.24, 2.45) is 16.5 Å². The molecule has 5 rings (SSSR count). The van der Waals surface area contributed by atoms with E-state index in [1.807, 2.05) is 19.1 Å². The SMILES string of the molecule is CCC[C@@H]1NC(N)=[N+]2CC(NC(=O)c3cccc4c3OCCC4(C)C)C(O)(O)[C@@]23NC(N)=N[C@@H]13. The van der Waals surface area contributed by atoms with Gasteiger partial charge in [-0.15, -0.1) is 0 Å². The summed E-state index contributed by atoms with van der Waals surface area (Å²) in [5, 5.41) is 32.1. The van der Waals surface area contributed by atoms with Crippen LogP contribution >= 0.6 is 0 Å². The van der Waals surface area contributed by atoms with Crippen LogP contribution < -0.4 is 32.2 Å². The van der Waals surface area contributed by atoms with Crippen molar-refractivity contribution in [2.75, 3.05) is 13.2 Å². The standard InChI is InChI=1S/C23H33N7O4/c1-4-6-14-17-22(29-19(24)28-17)23(32,33)15(11-30(22)20(25)26-14)27-18(31)12-7-5-8-13-16(12)34-10-9-21(13,2)3/h5,7-8,14-15,17,32-33H,4,6,9-11H2,1-3H3,(H6,24,25,26,27,28,29,31)/p+1/t14-,15?,17-,22-/m0/s1. The Morgan fingerprint density at radius 3 is 2.85 bits per heavy atom. The van der Waals surface area contributed by atoms with Crippen LogP contribution in [0.25, 0.3) is 0 Å². The fourth-order valence-electron chi connectivity index (χ4n) is 5.89. The quantitative estimate of drug-likeness (QED) is 0.208. The molecule has 0 radical (unpaired) electrons. The maximum Gasteiger partial charge on any atom is 0.345 e. The molecule has 11 nitrogen and oxygen atoms in total. The highest BCUT2D eigenvalue weighted by molar-refractivity contribution is 5.98. The molecule has 4 aliphatic rings. The van der Waals surface area contributed by atoms with Crippen LogP contribution in [0.1, 0.15) is 56.0 Å². The first kappa shape index (κ1) is 22.7. The van der Waals surface area contributed by atoms with Crippen LogP contribution in [0.5, 0.6) is 5.75 Å². The first-order chi connectivity index (χ1) is 16.0. The van der Waals surface area contributed by atoms with Gasteiger partial charge in [0.25, 0.3) is 5.91 Å². The molecule has 1 unspecified atom stereocenters. The summed E-state index contributed by atoms with van der Waals surface area (Å²) in [5.74, 6) is -1.97. The van der Waals surface area contributed by atoms with E-state index in [1.54, 1.807) is 10.6 Å². The summed E-state index contributed by atoms with van der Waals surface area (Å²) in [5.41, 5.74) is 12.0. The second-order valence-electron chi connectivity index (χ2n) is 10.3. The van der Waals surface area contributed by atoms with E-state index in [-0.39, 0.29) is 29.9 Å². The molecule has 0 saturated carbocycles. The Hall–Kier alpha value is -3.05. The smallest absolute Gasteiger partial charge is 0.345 e. The highest BCUT2D eigenvalue weighted by atomic mass is 16.5. The predicted octanol–water partition coefficient (Wildman–Crippen LogP) is -1.38. The number of para-hydroxylation sites is 1. The van der Waals surface area contributed by atoms with Gasteiger partial charge in [0.1, 0.15) is 23.9 Å². The van der Waals surface area contributed by atoms with E-state index in [0.29, 0.717) is 24.3 Å². The lowest BCUT2D eigenvalue weighted by atomic mass is 9.79. The molecule has 9 N–H and O–H groups in total. The molecule has 0 aliphatic carbocycles. The zero-order chi connectivity index (χ0) is 24.5. The molecule has 1 aromatic rings. The van der Waals surface area contributed by atoms with E-state index in [9.17, 15) is 15.0 Å². The van der Waals surface area contributed by atoms with Crippen molar-refractivity contribution < 1.29 is 24.3 Å². The minimum absolute atomic E-state index is 0.0457. The number of guanidine groups is 2. The molecule has 1 fully saturated rings. The van der Waals surface area contributed by atoms with Crippen molar-refractivity contribution in [3.05, 3.63) is 29.3 Å². The normalized spacial score (nSPS) is 32.4. The number of nitrogens with two attached hydrogens (primary N) is 2. The lowest BCUT2D eigenvalue weighted by molar-refractivity contribution is -0.623. The Morgan fingerprint density at radius 1 is 1.35 bits per heavy atom. The minimum Gasteiger partial charge on any atom is -0.492 e. The molecule has 34 heavy (non-hydrogen) atoms. The van der Waals surface area contributed by atoms with E-state index in [1.165, 1.54) is 0 Å².